The molecule has 0 unspecified atom stereocenters. The zero-order valence-corrected chi connectivity index (χ0v) is 12.7. The Morgan fingerprint density at radius 3 is 2.11 bits per heavy atom. The minimum Gasteiger partial charge on any atom is -0.315 e. The van der Waals surface area contributed by atoms with Gasteiger partial charge in [0.25, 0.3) is 0 Å². The van der Waals surface area contributed by atoms with E-state index < -0.39 is 0 Å². The summed E-state index contributed by atoms with van der Waals surface area (Å²) in [4.78, 5) is 5.19. The number of rotatable bonds is 9. The van der Waals surface area contributed by atoms with Crippen molar-refractivity contribution in [3.05, 3.63) is 0 Å². The van der Waals surface area contributed by atoms with Gasteiger partial charge >= 0.3 is 0 Å². The summed E-state index contributed by atoms with van der Waals surface area (Å²) in [5, 5.41) is 3.48. The monoisotopic (exact) mass is 255 g/mol. The zero-order chi connectivity index (χ0) is 13.2. The van der Waals surface area contributed by atoms with E-state index in [4.69, 9.17) is 0 Å². The van der Waals surface area contributed by atoms with Crippen LogP contribution in [0.5, 0.6) is 0 Å². The lowest BCUT2D eigenvalue weighted by Gasteiger charge is -2.33. The van der Waals surface area contributed by atoms with E-state index in [0.717, 1.165) is 0 Å². The Bertz CT molecular complexity index is 186. The van der Waals surface area contributed by atoms with Crippen LogP contribution in [0, 0.1) is 0 Å². The molecule has 1 fully saturated rings. The summed E-state index contributed by atoms with van der Waals surface area (Å²) >= 11 is 0. The van der Waals surface area contributed by atoms with Gasteiger partial charge in [-0.2, -0.15) is 0 Å². The molecule has 1 rings (SSSR count). The molecule has 1 saturated heterocycles. The molecular weight excluding hydrogens is 222 g/mol. The van der Waals surface area contributed by atoms with Gasteiger partial charge < -0.3 is 15.1 Å². The fraction of sp³-hybridized carbons (Fsp3) is 1.00. The van der Waals surface area contributed by atoms with Gasteiger partial charge in [0.2, 0.25) is 0 Å². The molecule has 0 aromatic rings. The van der Waals surface area contributed by atoms with Gasteiger partial charge in [-0.1, -0.05) is 33.6 Å². The van der Waals surface area contributed by atoms with Crippen LogP contribution in [-0.2, 0) is 0 Å². The topological polar surface area (TPSA) is 18.5 Å². The molecule has 1 aliphatic heterocycles. The molecule has 108 valence electrons. The van der Waals surface area contributed by atoms with E-state index in [1.165, 1.54) is 71.5 Å². The Hall–Kier alpha value is -0.120. The van der Waals surface area contributed by atoms with Gasteiger partial charge in [-0.3, -0.25) is 0 Å². The van der Waals surface area contributed by atoms with E-state index in [9.17, 15) is 0 Å². The van der Waals surface area contributed by atoms with Gasteiger partial charge in [-0.05, 0) is 32.5 Å². The highest BCUT2D eigenvalue weighted by molar-refractivity contribution is 4.70. The molecule has 0 atom stereocenters. The molecule has 1 heterocycles. The largest absolute Gasteiger partial charge is 0.315 e. The van der Waals surface area contributed by atoms with E-state index in [1.807, 2.05) is 0 Å². The highest BCUT2D eigenvalue weighted by atomic mass is 15.3. The van der Waals surface area contributed by atoms with E-state index in [1.54, 1.807) is 0 Å². The molecule has 18 heavy (non-hydrogen) atoms. The lowest BCUT2D eigenvalue weighted by atomic mass is 10.1. The molecule has 1 N–H and O–H groups in total. The average molecular weight is 255 g/mol. The SMILES string of the molecule is CCN1CCN(CCCCCCNC(C)C)CC1. The summed E-state index contributed by atoms with van der Waals surface area (Å²) in [7, 11) is 0. The minimum atomic E-state index is 0.639. The van der Waals surface area contributed by atoms with Crippen LogP contribution in [0.3, 0.4) is 0 Å². The third-order valence-electron chi connectivity index (χ3n) is 3.87. The fourth-order valence-electron chi connectivity index (χ4n) is 2.53. The molecule has 0 amide bonds. The Morgan fingerprint density at radius 2 is 1.50 bits per heavy atom. The van der Waals surface area contributed by atoms with Gasteiger partial charge in [0.05, 0.1) is 0 Å². The molecule has 0 aliphatic carbocycles. The van der Waals surface area contributed by atoms with Crippen LogP contribution < -0.4 is 5.32 Å². The van der Waals surface area contributed by atoms with Crippen molar-refractivity contribution in [2.45, 2.75) is 52.5 Å². The van der Waals surface area contributed by atoms with Gasteiger partial charge in [0.15, 0.2) is 0 Å². The van der Waals surface area contributed by atoms with Crippen LogP contribution >= 0.6 is 0 Å². The van der Waals surface area contributed by atoms with E-state index in [2.05, 4.69) is 35.9 Å². The third-order valence-corrected chi connectivity index (χ3v) is 3.87. The van der Waals surface area contributed by atoms with Crippen molar-refractivity contribution < 1.29 is 0 Å². The smallest absolute Gasteiger partial charge is 0.0110 e. The number of nitrogens with one attached hydrogen (secondary N) is 1. The van der Waals surface area contributed by atoms with Gasteiger partial charge in [-0.25, -0.2) is 0 Å². The molecule has 0 aromatic carbocycles. The quantitative estimate of drug-likeness (QED) is 0.637. The standard InChI is InChI=1S/C15H33N3/c1-4-17-11-13-18(14-12-17)10-8-6-5-7-9-16-15(2)3/h15-16H,4-14H2,1-3H3. The number of hydrogen-bond acceptors (Lipinski definition) is 3. The van der Waals surface area contributed by atoms with Crippen molar-refractivity contribution in [1.29, 1.82) is 0 Å². The minimum absolute atomic E-state index is 0.639. The summed E-state index contributed by atoms with van der Waals surface area (Å²) in [5.41, 5.74) is 0. The molecular formula is C15H33N3. The lowest BCUT2D eigenvalue weighted by molar-refractivity contribution is 0.135. The highest BCUT2D eigenvalue weighted by Gasteiger charge is 2.14. The van der Waals surface area contributed by atoms with Crippen molar-refractivity contribution in [3.63, 3.8) is 0 Å². The van der Waals surface area contributed by atoms with Crippen LogP contribution in [-0.4, -0.2) is 61.7 Å². The first-order chi connectivity index (χ1) is 8.72. The molecule has 3 nitrogen and oxygen atoms in total. The maximum Gasteiger partial charge on any atom is 0.0110 e. The van der Waals surface area contributed by atoms with E-state index in [0.29, 0.717) is 6.04 Å². The van der Waals surface area contributed by atoms with E-state index in [-0.39, 0.29) is 0 Å². The summed E-state index contributed by atoms with van der Waals surface area (Å²) in [6.45, 7) is 15.5. The fourth-order valence-corrected chi connectivity index (χ4v) is 2.53. The van der Waals surface area contributed by atoms with Crippen molar-refractivity contribution in [2.75, 3.05) is 45.8 Å². The summed E-state index contributed by atoms with van der Waals surface area (Å²) < 4.78 is 0. The first kappa shape index (κ1) is 15.9. The lowest BCUT2D eigenvalue weighted by Crippen LogP contribution is -2.46. The molecule has 3 heteroatoms. The first-order valence-corrected chi connectivity index (χ1v) is 7.90. The molecule has 1 aliphatic rings. The summed E-state index contributed by atoms with van der Waals surface area (Å²) in [6, 6.07) is 0.639. The molecule has 0 saturated carbocycles. The number of piperazine rings is 1. The summed E-state index contributed by atoms with van der Waals surface area (Å²) in [5.74, 6) is 0. The van der Waals surface area contributed by atoms with Gasteiger partial charge in [-0.15, -0.1) is 0 Å². The maximum atomic E-state index is 3.48. The van der Waals surface area contributed by atoms with Crippen LogP contribution in [0.15, 0.2) is 0 Å². The van der Waals surface area contributed by atoms with Gasteiger partial charge in [0.1, 0.15) is 0 Å². The Kier molecular flexibility index (Phi) is 8.64. The second-order valence-electron chi connectivity index (χ2n) is 5.80. The van der Waals surface area contributed by atoms with Crippen molar-refractivity contribution in [1.82, 2.24) is 15.1 Å². The Morgan fingerprint density at radius 1 is 0.889 bits per heavy atom. The van der Waals surface area contributed by atoms with Crippen LogP contribution in [0.1, 0.15) is 46.5 Å². The third kappa shape index (κ3) is 7.34. The number of unbranched alkanes of at least 4 members (excludes halogenated alkanes) is 3. The van der Waals surface area contributed by atoms with Crippen LogP contribution in [0.2, 0.25) is 0 Å². The molecule has 0 spiro atoms. The second kappa shape index (κ2) is 9.76. The number of nitrogens with zero attached hydrogens (tertiary/aromatic N) is 2. The molecule has 0 radical (unpaired) electrons. The Balaban J connectivity index is 1.86. The second-order valence-corrected chi connectivity index (χ2v) is 5.80. The average Bonchev–Trinajstić information content (AvgIpc) is 2.38. The normalized spacial score (nSPS) is 18.7. The predicted octanol–water partition coefficient (Wildman–Crippen LogP) is 2.18. The summed E-state index contributed by atoms with van der Waals surface area (Å²) in [6.07, 6.45) is 5.50. The van der Waals surface area contributed by atoms with Crippen molar-refractivity contribution in [3.8, 4) is 0 Å². The van der Waals surface area contributed by atoms with E-state index >= 15 is 0 Å². The first-order valence-electron chi connectivity index (χ1n) is 7.90. The number of likely N-dealkylation sites (N-methyl/N-ethyl adjacent to an activating group) is 1. The zero-order valence-electron chi connectivity index (χ0n) is 12.7. The predicted molar refractivity (Wildman–Crippen MR) is 80.2 cm³/mol. The highest BCUT2D eigenvalue weighted by Crippen LogP contribution is 2.05. The van der Waals surface area contributed by atoms with Crippen molar-refractivity contribution >= 4 is 0 Å². The van der Waals surface area contributed by atoms with Crippen molar-refractivity contribution in [2.24, 2.45) is 0 Å². The van der Waals surface area contributed by atoms with Crippen LogP contribution in [0.4, 0.5) is 0 Å². The number of hydrogen-bond donors (Lipinski definition) is 1. The molecule has 0 aromatic heterocycles. The van der Waals surface area contributed by atoms with Gasteiger partial charge in [0, 0.05) is 32.2 Å². The Labute approximate surface area is 114 Å². The molecule has 0 bridgehead atoms. The van der Waals surface area contributed by atoms with Crippen LogP contribution in [0.25, 0.3) is 0 Å². The maximum absolute atomic E-state index is 3.48.